The lowest BCUT2D eigenvalue weighted by Crippen LogP contribution is -2.51. The van der Waals surface area contributed by atoms with Gasteiger partial charge in [-0.3, -0.25) is 9.59 Å². The molecular weight excluding hydrogens is 825 g/mol. The monoisotopic (exact) mass is 884 g/mol. The van der Waals surface area contributed by atoms with E-state index in [1.807, 2.05) is 43.6 Å². The van der Waals surface area contributed by atoms with E-state index in [9.17, 15) is 19.2 Å². The Bertz CT molecular complexity index is 2760. The van der Waals surface area contributed by atoms with Crippen LogP contribution in [0.1, 0.15) is 90.0 Å². The molecule has 4 aromatic carbocycles. The average molecular weight is 885 g/mol. The van der Waals surface area contributed by atoms with Crippen molar-refractivity contribution in [3.05, 3.63) is 72.3 Å². The summed E-state index contributed by atoms with van der Waals surface area (Å²) in [5.74, 6) is 1.65. The topological polar surface area (TPSA) is 184 Å². The number of amides is 4. The molecule has 2 aromatic heterocycles. The Balaban J connectivity index is 0.970. The second-order valence-electron chi connectivity index (χ2n) is 18.9. The summed E-state index contributed by atoms with van der Waals surface area (Å²) in [6, 6.07) is 19.2. The van der Waals surface area contributed by atoms with Gasteiger partial charge in [0.1, 0.15) is 23.7 Å². The Morgan fingerprint density at radius 1 is 0.662 bits per heavy atom. The number of benzene rings is 4. The first-order chi connectivity index (χ1) is 31.4. The zero-order valence-corrected chi connectivity index (χ0v) is 38.1. The minimum Gasteiger partial charge on any atom is -0.453 e. The van der Waals surface area contributed by atoms with Crippen molar-refractivity contribution >= 4 is 67.6 Å². The van der Waals surface area contributed by atoms with Crippen molar-refractivity contribution in [2.75, 3.05) is 40.5 Å². The lowest BCUT2D eigenvalue weighted by Gasteiger charge is -2.30. The zero-order valence-electron chi connectivity index (χ0n) is 38.1. The quantitative estimate of drug-likeness (QED) is 0.0883. The molecule has 65 heavy (non-hydrogen) atoms. The van der Waals surface area contributed by atoms with Gasteiger partial charge in [-0.25, -0.2) is 19.6 Å². The van der Waals surface area contributed by atoms with Crippen LogP contribution in [0.25, 0.3) is 54.7 Å². The van der Waals surface area contributed by atoms with Crippen LogP contribution >= 0.6 is 0 Å². The van der Waals surface area contributed by atoms with Crippen LogP contribution in [0.5, 0.6) is 0 Å². The standard InChI is InChI=1S/C50H60N8O7/c1-27(2)41(55-49(61)63-5)47(59)57-20-8-11-39(57)45-51-37-18-14-33-22-31(12-16-35(33)43(37)53-45)32-13-17-36-34(23-32)15-19-38-44(36)54-46(52-38)40-21-30(26-65-25-29-9-7-10-29)24-58(40)48(60)42(28(3)4)56-50(62)64-6/h12-19,22-23,27-30,39-42H,7-11,20-21,24-26H2,1-6H3,(H,51,53)(H,52,54)(H,55,61)(H,56,62)/t30-,39-,40-,41-,42-/m0/s1. The molecule has 0 bridgehead atoms. The largest absolute Gasteiger partial charge is 0.453 e. The van der Waals surface area contributed by atoms with E-state index in [0.717, 1.165) is 85.8 Å². The third-order valence-corrected chi connectivity index (χ3v) is 13.9. The van der Waals surface area contributed by atoms with Crippen molar-refractivity contribution in [1.29, 1.82) is 0 Å². The number of methoxy groups -OCH3 is 2. The molecule has 15 heteroatoms. The van der Waals surface area contributed by atoms with Crippen LogP contribution in [-0.2, 0) is 23.8 Å². The first-order valence-corrected chi connectivity index (χ1v) is 23.1. The highest BCUT2D eigenvalue weighted by molar-refractivity contribution is 6.07. The number of carbonyl (C=O) groups excluding carboxylic acids is 4. The predicted molar refractivity (Wildman–Crippen MR) is 249 cm³/mol. The van der Waals surface area contributed by atoms with Gasteiger partial charge in [-0.2, -0.15) is 0 Å². The number of H-pyrrole nitrogens is 2. The van der Waals surface area contributed by atoms with E-state index < -0.39 is 24.3 Å². The minimum atomic E-state index is -0.747. The average Bonchev–Trinajstić information content (AvgIpc) is 4.12. The maximum atomic E-state index is 14.3. The maximum absolute atomic E-state index is 14.3. The molecule has 1 aliphatic carbocycles. The smallest absolute Gasteiger partial charge is 0.407 e. The summed E-state index contributed by atoms with van der Waals surface area (Å²) in [5.41, 5.74) is 5.60. The Labute approximate surface area is 378 Å². The zero-order chi connectivity index (χ0) is 45.5. The Hall–Kier alpha value is -6.22. The summed E-state index contributed by atoms with van der Waals surface area (Å²) < 4.78 is 15.9. The van der Waals surface area contributed by atoms with Gasteiger partial charge < -0.3 is 44.6 Å². The number of hydrogen-bond acceptors (Lipinski definition) is 9. The van der Waals surface area contributed by atoms with Crippen molar-refractivity contribution in [3.63, 3.8) is 0 Å². The van der Waals surface area contributed by atoms with E-state index >= 15 is 0 Å². The molecular formula is C50H60N8O7. The number of imidazole rings is 2. The molecule has 15 nitrogen and oxygen atoms in total. The first-order valence-electron chi connectivity index (χ1n) is 23.1. The molecule has 9 rings (SSSR count). The fourth-order valence-electron chi connectivity index (χ4n) is 10.00. The van der Waals surface area contributed by atoms with Gasteiger partial charge in [0, 0.05) is 36.4 Å². The fraction of sp³-hybridized carbons (Fsp3) is 0.480. The molecule has 5 atom stereocenters. The number of ether oxygens (including phenoxy) is 3. The number of carbonyl (C=O) groups is 4. The number of aromatic amines is 2. The summed E-state index contributed by atoms with van der Waals surface area (Å²) in [6.07, 6.45) is 4.75. The van der Waals surface area contributed by atoms with Crippen molar-refractivity contribution in [1.82, 2.24) is 40.4 Å². The Morgan fingerprint density at radius 2 is 1.18 bits per heavy atom. The van der Waals surface area contributed by atoms with E-state index in [0.29, 0.717) is 32.0 Å². The SMILES string of the molecule is COC(=O)N[C@H](C(=O)N1CCC[C@H]1c1nc2c(ccc3cc(-c4ccc5c(ccc6[nH]c([C@@H]7C[C@H](COCC8CCC8)CN7C(=O)[C@@H](NC(=O)OC)C(C)C)nc65)c4)ccc32)[nH]1)C(C)C. The number of nitrogens with zero attached hydrogens (tertiary/aromatic N) is 4. The summed E-state index contributed by atoms with van der Waals surface area (Å²) in [5, 5.41) is 9.60. The van der Waals surface area contributed by atoms with Gasteiger partial charge >= 0.3 is 12.2 Å². The highest BCUT2D eigenvalue weighted by Crippen LogP contribution is 2.39. The van der Waals surface area contributed by atoms with Crippen LogP contribution in [-0.4, -0.2) is 106 Å². The summed E-state index contributed by atoms with van der Waals surface area (Å²) >= 11 is 0. The lowest BCUT2D eigenvalue weighted by atomic mass is 9.86. The van der Waals surface area contributed by atoms with Gasteiger partial charge in [0.05, 0.1) is 55.0 Å². The number of alkyl carbamates (subject to hydrolysis) is 2. The van der Waals surface area contributed by atoms with E-state index in [4.69, 9.17) is 24.2 Å². The molecule has 1 saturated carbocycles. The van der Waals surface area contributed by atoms with Crippen LogP contribution in [0.4, 0.5) is 9.59 Å². The molecule has 2 aliphatic heterocycles. The minimum absolute atomic E-state index is 0.118. The van der Waals surface area contributed by atoms with Crippen LogP contribution in [0.3, 0.4) is 0 Å². The molecule has 342 valence electrons. The fourth-order valence-corrected chi connectivity index (χ4v) is 10.00. The van der Waals surface area contributed by atoms with Crippen LogP contribution in [0.2, 0.25) is 0 Å². The van der Waals surface area contributed by atoms with E-state index in [2.05, 4.69) is 75.2 Å². The van der Waals surface area contributed by atoms with Crippen LogP contribution < -0.4 is 10.6 Å². The predicted octanol–water partition coefficient (Wildman–Crippen LogP) is 8.54. The molecule has 0 spiro atoms. The van der Waals surface area contributed by atoms with Crippen LogP contribution in [0, 0.1) is 23.7 Å². The van der Waals surface area contributed by atoms with E-state index in [1.165, 1.54) is 33.5 Å². The highest BCUT2D eigenvalue weighted by Gasteiger charge is 2.42. The number of fused-ring (bicyclic) bond motifs is 6. The number of likely N-dealkylation sites (tertiary alicyclic amines) is 2. The van der Waals surface area contributed by atoms with Gasteiger partial charge in [0.15, 0.2) is 0 Å². The van der Waals surface area contributed by atoms with Crippen molar-refractivity contribution in [3.8, 4) is 11.1 Å². The van der Waals surface area contributed by atoms with Crippen molar-refractivity contribution in [2.45, 2.75) is 90.4 Å². The molecule has 3 aliphatic rings. The normalized spacial score (nSPS) is 20.0. The lowest BCUT2D eigenvalue weighted by molar-refractivity contribution is -0.136. The summed E-state index contributed by atoms with van der Waals surface area (Å²) in [4.78, 5) is 73.5. The third kappa shape index (κ3) is 8.70. The summed E-state index contributed by atoms with van der Waals surface area (Å²) in [6.45, 7) is 10.1. The van der Waals surface area contributed by atoms with Crippen molar-refractivity contribution in [2.24, 2.45) is 23.7 Å². The summed E-state index contributed by atoms with van der Waals surface area (Å²) in [7, 11) is 2.60. The molecule has 3 fully saturated rings. The number of rotatable bonds is 13. The highest BCUT2D eigenvalue weighted by atomic mass is 16.5. The second-order valence-corrected chi connectivity index (χ2v) is 18.9. The first kappa shape index (κ1) is 44.0. The molecule has 0 radical (unpaired) electrons. The van der Waals surface area contributed by atoms with Gasteiger partial charge in [-0.1, -0.05) is 70.5 Å². The number of hydrogen-bond donors (Lipinski definition) is 4. The molecule has 0 unspecified atom stereocenters. The van der Waals surface area contributed by atoms with Gasteiger partial charge in [0.2, 0.25) is 11.8 Å². The number of aromatic nitrogens is 4. The Kier molecular flexibility index (Phi) is 12.4. The molecule has 4 amide bonds. The second kappa shape index (κ2) is 18.3. The van der Waals surface area contributed by atoms with E-state index in [-0.39, 0.29) is 41.7 Å². The molecule has 4 N–H and O–H groups in total. The molecule has 6 aromatic rings. The van der Waals surface area contributed by atoms with Gasteiger partial charge in [-0.15, -0.1) is 0 Å². The molecule has 4 heterocycles. The number of nitrogens with one attached hydrogen (secondary N) is 4. The Morgan fingerprint density at radius 3 is 1.69 bits per heavy atom. The van der Waals surface area contributed by atoms with Gasteiger partial charge in [0.25, 0.3) is 0 Å². The third-order valence-electron chi connectivity index (χ3n) is 13.9. The molecule has 2 saturated heterocycles. The van der Waals surface area contributed by atoms with E-state index in [1.54, 1.807) is 0 Å². The maximum Gasteiger partial charge on any atom is 0.407 e. The van der Waals surface area contributed by atoms with Crippen molar-refractivity contribution < 1.29 is 33.4 Å². The van der Waals surface area contributed by atoms with Crippen LogP contribution in [0.15, 0.2) is 60.7 Å². The van der Waals surface area contributed by atoms with Gasteiger partial charge in [-0.05, 0) is 96.0 Å².